The molecule has 0 fully saturated rings. The average Bonchev–Trinajstić information content (AvgIpc) is 2.39. The molecule has 0 unspecified atom stereocenters. The van der Waals surface area contributed by atoms with Gasteiger partial charge in [0.25, 0.3) is 0 Å². The molecule has 0 aliphatic rings. The molecule has 2 aromatic heterocycles. The number of rotatable bonds is 4. The number of pyridine rings is 1. The molecule has 0 bridgehead atoms. The normalized spacial score (nSPS) is 10.5. The first kappa shape index (κ1) is 12.4. The number of nitrogens with zero attached hydrogens (tertiary/aromatic N) is 5. The van der Waals surface area contributed by atoms with E-state index in [0.29, 0.717) is 0 Å². The van der Waals surface area contributed by atoms with E-state index in [1.165, 1.54) is 6.21 Å². The molecule has 0 spiro atoms. The number of hydrogen-bond acceptors (Lipinski definition) is 8. The number of nitrogen functional groups attached to an aromatic ring is 1. The molecule has 0 aromatic carbocycles. The summed E-state index contributed by atoms with van der Waals surface area (Å²) in [6.45, 7) is 0. The lowest BCUT2D eigenvalue weighted by molar-refractivity contribution is -0.383. The van der Waals surface area contributed by atoms with Crippen LogP contribution in [0, 0.1) is 10.1 Å². The van der Waals surface area contributed by atoms with Crippen molar-refractivity contribution < 1.29 is 4.92 Å². The molecule has 2 rings (SSSR count). The van der Waals surface area contributed by atoms with Crippen LogP contribution in [0.25, 0.3) is 0 Å². The zero-order chi connectivity index (χ0) is 13.7. The molecule has 3 N–H and O–H groups in total. The van der Waals surface area contributed by atoms with Crippen LogP contribution in [0.3, 0.4) is 0 Å². The number of hydrazone groups is 1. The topological polar surface area (TPSA) is 132 Å². The summed E-state index contributed by atoms with van der Waals surface area (Å²) < 4.78 is 0. The summed E-state index contributed by atoms with van der Waals surface area (Å²) in [5.74, 6) is -0.295. The molecule has 9 heteroatoms. The average molecular weight is 259 g/mol. The number of nitro groups is 1. The molecule has 9 nitrogen and oxygen atoms in total. The molecule has 0 atom stereocenters. The van der Waals surface area contributed by atoms with Gasteiger partial charge in [-0.05, 0) is 6.07 Å². The minimum atomic E-state index is -0.669. The number of nitrogens with two attached hydrogens (primary N) is 1. The Morgan fingerprint density at radius 3 is 3.00 bits per heavy atom. The molecule has 0 aliphatic heterocycles. The summed E-state index contributed by atoms with van der Waals surface area (Å²) in [5, 5.41) is 14.7. The highest BCUT2D eigenvalue weighted by molar-refractivity contribution is 5.80. The minimum Gasteiger partial charge on any atom is -0.378 e. The molecule has 0 saturated heterocycles. The van der Waals surface area contributed by atoms with Gasteiger partial charge in [0.2, 0.25) is 11.6 Å². The van der Waals surface area contributed by atoms with E-state index in [1.54, 1.807) is 24.5 Å². The summed E-state index contributed by atoms with van der Waals surface area (Å²) in [5.41, 5.74) is 8.19. The van der Waals surface area contributed by atoms with Gasteiger partial charge in [-0.1, -0.05) is 6.07 Å². The lowest BCUT2D eigenvalue weighted by Gasteiger charge is -2.01. The van der Waals surface area contributed by atoms with Crippen LogP contribution in [0.1, 0.15) is 5.56 Å². The van der Waals surface area contributed by atoms with E-state index in [4.69, 9.17) is 5.73 Å². The molecule has 0 amide bonds. The molecule has 2 aromatic rings. The van der Waals surface area contributed by atoms with Crippen molar-refractivity contribution in [3.63, 3.8) is 0 Å². The SMILES string of the molecule is Nc1ncnc(N/N=C\c2cccnc2)c1[N+](=O)[O-]. The standard InChI is InChI=1S/C10H9N7O2/c11-9-8(17(18)19)10(14-6-13-9)16-15-5-7-2-1-3-12-4-7/h1-6H,(H3,11,13,14,16)/b15-5-. The van der Waals surface area contributed by atoms with E-state index in [9.17, 15) is 10.1 Å². The first-order chi connectivity index (χ1) is 9.18. The van der Waals surface area contributed by atoms with Crippen molar-refractivity contribution in [3.8, 4) is 0 Å². The van der Waals surface area contributed by atoms with Crippen molar-refractivity contribution in [2.24, 2.45) is 5.10 Å². The van der Waals surface area contributed by atoms with Crippen LogP contribution in [-0.4, -0.2) is 26.1 Å². The zero-order valence-electron chi connectivity index (χ0n) is 9.59. The quantitative estimate of drug-likeness (QED) is 0.471. The van der Waals surface area contributed by atoms with Gasteiger partial charge in [0.1, 0.15) is 6.33 Å². The van der Waals surface area contributed by atoms with Gasteiger partial charge in [0.05, 0.1) is 11.1 Å². The first-order valence-corrected chi connectivity index (χ1v) is 5.12. The molecular weight excluding hydrogens is 250 g/mol. The van der Waals surface area contributed by atoms with Gasteiger partial charge in [-0.3, -0.25) is 20.5 Å². The summed E-state index contributed by atoms with van der Waals surface area (Å²) in [6, 6.07) is 3.52. The van der Waals surface area contributed by atoms with Crippen LogP contribution in [-0.2, 0) is 0 Å². The Morgan fingerprint density at radius 1 is 1.47 bits per heavy atom. The third kappa shape index (κ3) is 2.97. The minimum absolute atomic E-state index is 0.0716. The highest BCUT2D eigenvalue weighted by Crippen LogP contribution is 2.25. The summed E-state index contributed by atoms with van der Waals surface area (Å²) in [6.07, 6.45) is 5.79. The summed E-state index contributed by atoms with van der Waals surface area (Å²) in [4.78, 5) is 21.3. The number of nitrogens with one attached hydrogen (secondary N) is 1. The van der Waals surface area contributed by atoms with Gasteiger partial charge in [-0.15, -0.1) is 0 Å². The Bertz CT molecular complexity index is 615. The second-order valence-electron chi connectivity index (χ2n) is 3.37. The second kappa shape index (κ2) is 5.49. The highest BCUT2D eigenvalue weighted by Gasteiger charge is 2.20. The monoisotopic (exact) mass is 259 g/mol. The maximum Gasteiger partial charge on any atom is 0.354 e. The van der Waals surface area contributed by atoms with Crippen molar-refractivity contribution in [3.05, 3.63) is 46.5 Å². The van der Waals surface area contributed by atoms with Crippen molar-refractivity contribution in [2.45, 2.75) is 0 Å². The summed E-state index contributed by atoms with van der Waals surface area (Å²) in [7, 11) is 0. The van der Waals surface area contributed by atoms with Gasteiger partial charge in [-0.25, -0.2) is 9.97 Å². The van der Waals surface area contributed by atoms with Gasteiger partial charge < -0.3 is 5.73 Å². The van der Waals surface area contributed by atoms with Crippen LogP contribution >= 0.6 is 0 Å². The zero-order valence-corrected chi connectivity index (χ0v) is 9.59. The Labute approximate surface area is 107 Å². The molecular formula is C10H9N7O2. The molecule has 19 heavy (non-hydrogen) atoms. The number of hydrogen-bond donors (Lipinski definition) is 2. The van der Waals surface area contributed by atoms with E-state index >= 15 is 0 Å². The smallest absolute Gasteiger partial charge is 0.354 e. The molecule has 96 valence electrons. The van der Waals surface area contributed by atoms with Gasteiger partial charge >= 0.3 is 5.69 Å². The first-order valence-electron chi connectivity index (χ1n) is 5.12. The predicted molar refractivity (Wildman–Crippen MR) is 68.6 cm³/mol. The highest BCUT2D eigenvalue weighted by atomic mass is 16.6. The molecule has 0 saturated carbocycles. The summed E-state index contributed by atoms with van der Waals surface area (Å²) >= 11 is 0. The lowest BCUT2D eigenvalue weighted by atomic mass is 10.3. The van der Waals surface area contributed by atoms with Crippen molar-refractivity contribution in [1.82, 2.24) is 15.0 Å². The van der Waals surface area contributed by atoms with E-state index in [0.717, 1.165) is 11.9 Å². The number of anilines is 2. The molecule has 2 heterocycles. The maximum atomic E-state index is 10.8. The van der Waals surface area contributed by atoms with Gasteiger partial charge in [-0.2, -0.15) is 5.10 Å². The fourth-order valence-electron chi connectivity index (χ4n) is 1.27. The Balaban J connectivity index is 2.18. The molecule has 0 aliphatic carbocycles. The van der Waals surface area contributed by atoms with Gasteiger partial charge in [0.15, 0.2) is 0 Å². The maximum absolute atomic E-state index is 10.8. The van der Waals surface area contributed by atoms with E-state index in [1.807, 2.05) is 0 Å². The van der Waals surface area contributed by atoms with Crippen molar-refractivity contribution in [1.29, 1.82) is 0 Å². The molecule has 0 radical (unpaired) electrons. The number of aromatic nitrogens is 3. The van der Waals surface area contributed by atoms with Crippen LogP contribution in [0.2, 0.25) is 0 Å². The Morgan fingerprint density at radius 2 is 2.32 bits per heavy atom. The fourth-order valence-corrected chi connectivity index (χ4v) is 1.27. The Kier molecular flexibility index (Phi) is 3.57. The van der Waals surface area contributed by atoms with Gasteiger partial charge in [0, 0.05) is 18.0 Å². The van der Waals surface area contributed by atoms with Crippen molar-refractivity contribution >= 4 is 23.5 Å². The van der Waals surface area contributed by atoms with E-state index in [-0.39, 0.29) is 11.6 Å². The largest absolute Gasteiger partial charge is 0.378 e. The fraction of sp³-hybridized carbons (Fsp3) is 0. The lowest BCUT2D eigenvalue weighted by Crippen LogP contribution is -2.04. The Hall–Kier alpha value is -3.10. The van der Waals surface area contributed by atoms with Crippen molar-refractivity contribution in [2.75, 3.05) is 11.2 Å². The van der Waals surface area contributed by atoms with Crippen LogP contribution < -0.4 is 11.2 Å². The predicted octanol–water partition coefficient (Wildman–Crippen LogP) is 0.808. The third-order valence-electron chi connectivity index (χ3n) is 2.10. The van der Waals surface area contributed by atoms with E-state index < -0.39 is 10.6 Å². The van der Waals surface area contributed by atoms with Crippen LogP contribution in [0.4, 0.5) is 17.3 Å². The van der Waals surface area contributed by atoms with Crippen LogP contribution in [0.15, 0.2) is 36.0 Å². The van der Waals surface area contributed by atoms with E-state index in [2.05, 4.69) is 25.5 Å². The van der Waals surface area contributed by atoms with Crippen LogP contribution in [0.5, 0.6) is 0 Å². The second-order valence-corrected chi connectivity index (χ2v) is 3.37. The third-order valence-corrected chi connectivity index (χ3v) is 2.10.